The van der Waals surface area contributed by atoms with Gasteiger partial charge in [0, 0.05) is 6.54 Å². The fraction of sp³-hybridized carbons (Fsp3) is 0.500. The van der Waals surface area contributed by atoms with Crippen LogP contribution in [0.15, 0.2) is 16.9 Å². The fourth-order valence-electron chi connectivity index (χ4n) is 0.647. The number of halogens is 1. The summed E-state index contributed by atoms with van der Waals surface area (Å²) in [6.45, 7) is 2.43. The second kappa shape index (κ2) is 2.07. The minimum atomic E-state index is -0.156. The standard InChI is InChI=1S/C6H8FN/c1-5-6(7)3-2-4-8-5/h3H,2,4H2,1H3. The third kappa shape index (κ3) is 0.941. The summed E-state index contributed by atoms with van der Waals surface area (Å²) in [4.78, 5) is 3.88. The van der Waals surface area contributed by atoms with Crippen molar-refractivity contribution >= 4 is 5.71 Å². The van der Waals surface area contributed by atoms with Gasteiger partial charge in [-0.05, 0) is 19.4 Å². The van der Waals surface area contributed by atoms with Gasteiger partial charge < -0.3 is 0 Å². The number of rotatable bonds is 0. The van der Waals surface area contributed by atoms with Gasteiger partial charge in [-0.1, -0.05) is 0 Å². The van der Waals surface area contributed by atoms with Crippen molar-refractivity contribution in [1.29, 1.82) is 0 Å². The summed E-state index contributed by atoms with van der Waals surface area (Å²) in [6.07, 6.45) is 2.32. The van der Waals surface area contributed by atoms with Gasteiger partial charge in [0.05, 0.1) is 5.71 Å². The molecule has 44 valence electrons. The van der Waals surface area contributed by atoms with Crippen LogP contribution in [0.4, 0.5) is 4.39 Å². The number of allylic oxidation sites excluding steroid dienone is 1. The second-order valence-electron chi connectivity index (χ2n) is 1.81. The van der Waals surface area contributed by atoms with Crippen LogP contribution in [0.25, 0.3) is 0 Å². The molecule has 0 saturated heterocycles. The lowest BCUT2D eigenvalue weighted by molar-refractivity contribution is 0.664. The lowest BCUT2D eigenvalue weighted by Gasteiger charge is -2.01. The first kappa shape index (κ1) is 5.48. The first-order valence-electron chi connectivity index (χ1n) is 2.68. The molecule has 2 heteroatoms. The third-order valence-corrected chi connectivity index (χ3v) is 1.15. The summed E-state index contributed by atoms with van der Waals surface area (Å²) in [5.41, 5.74) is 0.538. The van der Waals surface area contributed by atoms with E-state index in [0.29, 0.717) is 5.71 Å². The van der Waals surface area contributed by atoms with Crippen LogP contribution in [0.3, 0.4) is 0 Å². The molecular weight excluding hydrogens is 105 g/mol. The fourth-order valence-corrected chi connectivity index (χ4v) is 0.647. The Labute approximate surface area is 47.9 Å². The van der Waals surface area contributed by atoms with E-state index in [2.05, 4.69) is 4.99 Å². The third-order valence-electron chi connectivity index (χ3n) is 1.15. The second-order valence-corrected chi connectivity index (χ2v) is 1.81. The normalized spacial score (nSPS) is 19.8. The number of nitrogens with zero attached hydrogens (tertiary/aromatic N) is 1. The van der Waals surface area contributed by atoms with Crippen molar-refractivity contribution in [2.75, 3.05) is 6.54 Å². The zero-order valence-electron chi connectivity index (χ0n) is 4.82. The molecule has 8 heavy (non-hydrogen) atoms. The van der Waals surface area contributed by atoms with E-state index in [4.69, 9.17) is 0 Å². The van der Waals surface area contributed by atoms with Crippen LogP contribution in [0.2, 0.25) is 0 Å². The Bertz CT molecular complexity index is 129. The van der Waals surface area contributed by atoms with Crippen LogP contribution < -0.4 is 0 Å². The number of hydrogen-bond acceptors (Lipinski definition) is 1. The van der Waals surface area contributed by atoms with Crippen molar-refractivity contribution < 1.29 is 4.39 Å². The Morgan fingerprint density at radius 1 is 1.75 bits per heavy atom. The molecule has 0 amide bonds. The van der Waals surface area contributed by atoms with Crippen LogP contribution in [0, 0.1) is 0 Å². The molecular formula is C6H8FN. The highest BCUT2D eigenvalue weighted by Crippen LogP contribution is 2.06. The molecule has 1 aliphatic heterocycles. The Morgan fingerprint density at radius 2 is 2.50 bits per heavy atom. The molecule has 0 aromatic heterocycles. The van der Waals surface area contributed by atoms with Crippen molar-refractivity contribution in [2.45, 2.75) is 13.3 Å². The number of hydrogen-bond donors (Lipinski definition) is 0. The Morgan fingerprint density at radius 3 is 2.88 bits per heavy atom. The van der Waals surface area contributed by atoms with Gasteiger partial charge in [-0.15, -0.1) is 0 Å². The Hall–Kier alpha value is -0.660. The number of aliphatic imine (C=N–C) groups is 1. The molecule has 1 nitrogen and oxygen atoms in total. The predicted octanol–water partition coefficient (Wildman–Crippen LogP) is 1.70. The van der Waals surface area contributed by atoms with Crippen LogP contribution in [0.5, 0.6) is 0 Å². The van der Waals surface area contributed by atoms with Crippen LogP contribution in [0.1, 0.15) is 13.3 Å². The lowest BCUT2D eigenvalue weighted by Crippen LogP contribution is -1.99. The molecule has 0 aromatic carbocycles. The topological polar surface area (TPSA) is 12.4 Å². The molecule has 1 heterocycles. The van der Waals surface area contributed by atoms with Gasteiger partial charge in [0.15, 0.2) is 0 Å². The first-order valence-corrected chi connectivity index (χ1v) is 2.68. The summed E-state index contributed by atoms with van der Waals surface area (Å²) < 4.78 is 12.3. The largest absolute Gasteiger partial charge is 0.287 e. The molecule has 0 atom stereocenters. The zero-order chi connectivity index (χ0) is 5.98. The van der Waals surface area contributed by atoms with Crippen molar-refractivity contribution in [2.24, 2.45) is 4.99 Å². The average molecular weight is 113 g/mol. The van der Waals surface area contributed by atoms with Crippen LogP contribution in [-0.2, 0) is 0 Å². The maximum absolute atomic E-state index is 12.3. The minimum absolute atomic E-state index is 0.156. The van der Waals surface area contributed by atoms with Crippen LogP contribution in [-0.4, -0.2) is 12.3 Å². The molecule has 0 spiro atoms. The summed E-state index contributed by atoms with van der Waals surface area (Å²) >= 11 is 0. The summed E-state index contributed by atoms with van der Waals surface area (Å²) in [5.74, 6) is -0.156. The van der Waals surface area contributed by atoms with E-state index in [1.807, 2.05) is 0 Å². The van der Waals surface area contributed by atoms with E-state index in [9.17, 15) is 4.39 Å². The molecule has 0 saturated carbocycles. The highest BCUT2D eigenvalue weighted by atomic mass is 19.1. The molecule has 1 aliphatic rings. The van der Waals surface area contributed by atoms with Gasteiger partial charge in [0.2, 0.25) is 0 Å². The summed E-state index contributed by atoms with van der Waals surface area (Å²) in [5, 5.41) is 0. The molecule has 0 fully saturated rings. The van der Waals surface area contributed by atoms with E-state index < -0.39 is 0 Å². The lowest BCUT2D eigenvalue weighted by atomic mass is 10.2. The van der Waals surface area contributed by atoms with Gasteiger partial charge in [0.1, 0.15) is 5.83 Å². The average Bonchev–Trinajstić information content (AvgIpc) is 1.77. The summed E-state index contributed by atoms with van der Waals surface area (Å²) in [6, 6.07) is 0. The van der Waals surface area contributed by atoms with E-state index >= 15 is 0 Å². The Balaban J connectivity index is 2.73. The van der Waals surface area contributed by atoms with Crippen molar-refractivity contribution in [3.8, 4) is 0 Å². The zero-order valence-corrected chi connectivity index (χ0v) is 4.82. The van der Waals surface area contributed by atoms with Crippen molar-refractivity contribution in [1.82, 2.24) is 0 Å². The van der Waals surface area contributed by atoms with E-state index in [1.54, 1.807) is 13.0 Å². The minimum Gasteiger partial charge on any atom is -0.287 e. The molecule has 0 aliphatic carbocycles. The summed E-state index contributed by atoms with van der Waals surface area (Å²) in [7, 11) is 0. The molecule has 0 N–H and O–H groups in total. The van der Waals surface area contributed by atoms with Gasteiger partial charge in [-0.3, -0.25) is 4.99 Å². The number of dihydropyridines is 1. The molecule has 0 bridgehead atoms. The van der Waals surface area contributed by atoms with Crippen molar-refractivity contribution in [3.63, 3.8) is 0 Å². The van der Waals surface area contributed by atoms with Gasteiger partial charge in [-0.2, -0.15) is 0 Å². The maximum atomic E-state index is 12.3. The maximum Gasteiger partial charge on any atom is 0.139 e. The highest BCUT2D eigenvalue weighted by Gasteiger charge is 2.01. The van der Waals surface area contributed by atoms with E-state index in [-0.39, 0.29) is 5.83 Å². The Kier molecular flexibility index (Phi) is 1.42. The monoisotopic (exact) mass is 113 g/mol. The quantitative estimate of drug-likeness (QED) is 0.453. The molecule has 1 rings (SSSR count). The molecule has 0 radical (unpaired) electrons. The molecule has 0 aromatic rings. The van der Waals surface area contributed by atoms with Gasteiger partial charge in [-0.25, -0.2) is 4.39 Å². The van der Waals surface area contributed by atoms with Gasteiger partial charge in [0.25, 0.3) is 0 Å². The SMILES string of the molecule is CC1=NCCC=C1F. The van der Waals surface area contributed by atoms with Crippen LogP contribution >= 0.6 is 0 Å². The van der Waals surface area contributed by atoms with Crippen molar-refractivity contribution in [3.05, 3.63) is 11.9 Å². The highest BCUT2D eigenvalue weighted by molar-refractivity contribution is 5.96. The van der Waals surface area contributed by atoms with E-state index in [1.165, 1.54) is 0 Å². The predicted molar refractivity (Wildman–Crippen MR) is 31.8 cm³/mol. The smallest absolute Gasteiger partial charge is 0.139 e. The van der Waals surface area contributed by atoms with E-state index in [0.717, 1.165) is 13.0 Å². The first-order chi connectivity index (χ1) is 3.80. The molecule has 0 unspecified atom stereocenters. The van der Waals surface area contributed by atoms with Gasteiger partial charge >= 0.3 is 0 Å².